The number of sulfonamides is 1. The highest BCUT2D eigenvalue weighted by atomic mass is 35.5. The number of halogens is 1. The summed E-state index contributed by atoms with van der Waals surface area (Å²) < 4.78 is 28.3. The number of amides is 1. The van der Waals surface area contributed by atoms with Gasteiger partial charge in [0, 0.05) is 23.7 Å². The third-order valence-corrected chi connectivity index (χ3v) is 6.99. The lowest BCUT2D eigenvalue weighted by molar-refractivity contribution is -0.129. The molecule has 3 aromatic rings. The van der Waals surface area contributed by atoms with Crippen LogP contribution in [-0.2, 0) is 21.4 Å². The lowest BCUT2D eigenvalue weighted by Crippen LogP contribution is -2.41. The molecule has 0 saturated carbocycles. The zero-order chi connectivity index (χ0) is 22.2. The van der Waals surface area contributed by atoms with Crippen molar-refractivity contribution in [2.75, 3.05) is 6.54 Å². The lowest BCUT2D eigenvalue weighted by atomic mass is 10.1. The van der Waals surface area contributed by atoms with E-state index in [-0.39, 0.29) is 16.6 Å². The number of amidine groups is 1. The Bertz CT molecular complexity index is 1290. The first kappa shape index (κ1) is 21.3. The molecule has 0 aromatic heterocycles. The highest BCUT2D eigenvalue weighted by Crippen LogP contribution is 2.24. The molecular weight excluding hydrogens is 436 g/mol. The number of benzene rings is 3. The van der Waals surface area contributed by atoms with E-state index < -0.39 is 16.1 Å². The van der Waals surface area contributed by atoms with E-state index in [1.807, 2.05) is 12.1 Å². The third kappa shape index (κ3) is 4.56. The molecule has 7 nitrogen and oxygen atoms in total. The van der Waals surface area contributed by atoms with Gasteiger partial charge in [-0.15, -0.1) is 0 Å². The summed E-state index contributed by atoms with van der Waals surface area (Å²) in [5.74, 6) is -0.322. The molecule has 1 heterocycles. The van der Waals surface area contributed by atoms with E-state index in [0.29, 0.717) is 35.5 Å². The highest BCUT2D eigenvalue weighted by molar-refractivity contribution is 7.89. The van der Waals surface area contributed by atoms with E-state index in [9.17, 15) is 13.2 Å². The van der Waals surface area contributed by atoms with Crippen molar-refractivity contribution >= 4 is 44.1 Å². The summed E-state index contributed by atoms with van der Waals surface area (Å²) in [5, 5.41) is 9.65. The number of nitrogens with two attached hydrogens (primary N) is 1. The van der Waals surface area contributed by atoms with E-state index in [4.69, 9.17) is 22.7 Å². The quantitative estimate of drug-likeness (QED) is 0.390. The smallest absolute Gasteiger partial charge is 0.241 e. The van der Waals surface area contributed by atoms with Crippen LogP contribution in [0.1, 0.15) is 17.5 Å². The van der Waals surface area contributed by atoms with Crippen LogP contribution >= 0.6 is 11.6 Å². The maximum Gasteiger partial charge on any atom is 0.241 e. The summed E-state index contributed by atoms with van der Waals surface area (Å²) in [7, 11) is -3.88. The number of hydrogen-bond donors (Lipinski definition) is 3. The first-order chi connectivity index (χ1) is 14.7. The van der Waals surface area contributed by atoms with Crippen molar-refractivity contribution in [1.82, 2.24) is 9.62 Å². The minimum absolute atomic E-state index is 0.0445. The largest absolute Gasteiger partial charge is 0.384 e. The van der Waals surface area contributed by atoms with Gasteiger partial charge in [0.1, 0.15) is 11.9 Å². The highest BCUT2D eigenvalue weighted by Gasteiger charge is 2.35. The number of hydrogen-bond acceptors (Lipinski definition) is 4. The lowest BCUT2D eigenvalue weighted by Gasteiger charge is -2.18. The molecule has 4 rings (SSSR count). The molecule has 1 saturated heterocycles. The molecule has 1 aliphatic rings. The second-order valence-corrected chi connectivity index (χ2v) is 9.64. The fourth-order valence-corrected chi connectivity index (χ4v) is 5.12. The van der Waals surface area contributed by atoms with E-state index in [0.717, 1.165) is 10.9 Å². The summed E-state index contributed by atoms with van der Waals surface area (Å²) in [5.41, 5.74) is 6.94. The van der Waals surface area contributed by atoms with Gasteiger partial charge in [0.05, 0.1) is 4.90 Å². The van der Waals surface area contributed by atoms with Gasteiger partial charge in [-0.1, -0.05) is 41.9 Å². The molecule has 1 atom stereocenters. The van der Waals surface area contributed by atoms with Crippen LogP contribution in [0.3, 0.4) is 0 Å². The summed E-state index contributed by atoms with van der Waals surface area (Å²) in [6.45, 7) is 0.760. The van der Waals surface area contributed by atoms with Gasteiger partial charge in [-0.3, -0.25) is 10.2 Å². The van der Waals surface area contributed by atoms with Crippen LogP contribution < -0.4 is 10.5 Å². The molecule has 0 aliphatic carbocycles. The second kappa shape index (κ2) is 8.30. The molecule has 160 valence electrons. The molecule has 1 amide bonds. The number of fused-ring (bicyclic) bond motifs is 1. The Morgan fingerprint density at radius 1 is 1.13 bits per heavy atom. The number of nitrogen functional groups attached to an aromatic ring is 1. The maximum atomic E-state index is 12.9. The Labute approximate surface area is 185 Å². The third-order valence-electron chi connectivity index (χ3n) is 5.29. The van der Waals surface area contributed by atoms with Crippen LogP contribution in [0.15, 0.2) is 65.6 Å². The number of carbonyl (C=O) groups is 1. The predicted molar refractivity (Wildman–Crippen MR) is 121 cm³/mol. The van der Waals surface area contributed by atoms with Crippen molar-refractivity contribution < 1.29 is 13.2 Å². The van der Waals surface area contributed by atoms with Crippen molar-refractivity contribution in [2.45, 2.75) is 23.9 Å². The second-order valence-electron chi connectivity index (χ2n) is 7.49. The molecule has 1 aliphatic heterocycles. The zero-order valence-corrected chi connectivity index (χ0v) is 18.1. The van der Waals surface area contributed by atoms with Gasteiger partial charge in [0.2, 0.25) is 15.9 Å². The van der Waals surface area contributed by atoms with Crippen LogP contribution in [0.25, 0.3) is 10.8 Å². The molecule has 1 fully saturated rings. The first-order valence-corrected chi connectivity index (χ1v) is 11.5. The van der Waals surface area contributed by atoms with Crippen molar-refractivity contribution in [3.63, 3.8) is 0 Å². The standard InChI is InChI=1S/C22H21ClN4O3S/c23-18-6-4-15-5-7-19(12-17(15)11-18)31(29,30)26-20-8-9-27(22(20)28)13-14-2-1-3-16(10-14)21(24)25/h1-7,10-12,20,26H,8-9,13H2,(H3,24,25)/t20-/m0/s1. The summed E-state index contributed by atoms with van der Waals surface area (Å²) in [4.78, 5) is 14.5. The van der Waals surface area contributed by atoms with Crippen LogP contribution in [-0.4, -0.2) is 37.6 Å². The molecule has 3 aromatic carbocycles. The van der Waals surface area contributed by atoms with Gasteiger partial charge in [0.25, 0.3) is 0 Å². The number of nitrogens with one attached hydrogen (secondary N) is 2. The average Bonchev–Trinajstić information content (AvgIpc) is 3.06. The van der Waals surface area contributed by atoms with E-state index in [1.165, 1.54) is 6.07 Å². The summed E-state index contributed by atoms with van der Waals surface area (Å²) in [6.07, 6.45) is 0.379. The molecular formula is C22H21ClN4O3S. The molecule has 4 N–H and O–H groups in total. The zero-order valence-electron chi connectivity index (χ0n) is 16.5. The monoisotopic (exact) mass is 456 g/mol. The number of likely N-dealkylation sites (tertiary alicyclic amines) is 1. The molecule has 31 heavy (non-hydrogen) atoms. The SMILES string of the molecule is N=C(N)c1cccc(CN2CC[C@H](NS(=O)(=O)c3ccc4ccc(Cl)cc4c3)C2=O)c1. The van der Waals surface area contributed by atoms with Gasteiger partial charge < -0.3 is 10.6 Å². The predicted octanol–water partition coefficient (Wildman–Crippen LogP) is 2.86. The van der Waals surface area contributed by atoms with Crippen LogP contribution in [0, 0.1) is 5.41 Å². The van der Waals surface area contributed by atoms with E-state index in [1.54, 1.807) is 47.4 Å². The summed E-state index contributed by atoms with van der Waals surface area (Å²) >= 11 is 6.02. The Kier molecular flexibility index (Phi) is 5.70. The number of nitrogens with zero attached hydrogens (tertiary/aromatic N) is 1. The van der Waals surface area contributed by atoms with Gasteiger partial charge in [-0.05, 0) is 53.1 Å². The maximum absolute atomic E-state index is 12.9. The normalized spacial score (nSPS) is 16.7. The fraction of sp³-hybridized carbons (Fsp3) is 0.182. The van der Waals surface area contributed by atoms with Gasteiger partial charge in [0.15, 0.2) is 0 Å². The van der Waals surface area contributed by atoms with Crippen molar-refractivity contribution in [1.29, 1.82) is 5.41 Å². The topological polar surface area (TPSA) is 116 Å². The summed E-state index contributed by atoms with van der Waals surface area (Å²) in [6, 6.07) is 16.3. The Morgan fingerprint density at radius 2 is 1.90 bits per heavy atom. The minimum atomic E-state index is -3.88. The van der Waals surface area contributed by atoms with Crippen molar-refractivity contribution in [2.24, 2.45) is 5.73 Å². The van der Waals surface area contributed by atoms with Gasteiger partial charge >= 0.3 is 0 Å². The molecule has 9 heteroatoms. The Balaban J connectivity index is 1.49. The molecule has 0 spiro atoms. The molecule has 0 bridgehead atoms. The van der Waals surface area contributed by atoms with Crippen LogP contribution in [0.5, 0.6) is 0 Å². The Morgan fingerprint density at radius 3 is 2.68 bits per heavy atom. The Hall–Kier alpha value is -2.94. The van der Waals surface area contributed by atoms with E-state index >= 15 is 0 Å². The number of carbonyl (C=O) groups excluding carboxylic acids is 1. The average molecular weight is 457 g/mol. The van der Waals surface area contributed by atoms with Crippen molar-refractivity contribution in [3.8, 4) is 0 Å². The van der Waals surface area contributed by atoms with Crippen LogP contribution in [0.2, 0.25) is 5.02 Å². The van der Waals surface area contributed by atoms with Gasteiger partial charge in [-0.2, -0.15) is 4.72 Å². The molecule has 0 unspecified atom stereocenters. The van der Waals surface area contributed by atoms with E-state index in [2.05, 4.69) is 4.72 Å². The van der Waals surface area contributed by atoms with Crippen LogP contribution in [0.4, 0.5) is 0 Å². The van der Waals surface area contributed by atoms with Crippen molar-refractivity contribution in [3.05, 3.63) is 76.8 Å². The number of rotatable bonds is 6. The first-order valence-electron chi connectivity index (χ1n) is 9.67. The minimum Gasteiger partial charge on any atom is -0.384 e. The van der Waals surface area contributed by atoms with Gasteiger partial charge in [-0.25, -0.2) is 8.42 Å². The fourth-order valence-electron chi connectivity index (χ4n) is 3.68. The molecule has 0 radical (unpaired) electrons.